The summed E-state index contributed by atoms with van der Waals surface area (Å²) in [6.07, 6.45) is 3.75. The molecule has 2 aromatic heterocycles. The first kappa shape index (κ1) is 19.3. The number of rotatable bonds is 6. The van der Waals surface area contributed by atoms with E-state index in [1.807, 2.05) is 30.3 Å². The maximum atomic E-state index is 11.2. The monoisotopic (exact) mass is 415 g/mol. The van der Waals surface area contributed by atoms with Crippen molar-refractivity contribution in [2.45, 2.75) is 18.9 Å². The highest BCUT2D eigenvalue weighted by Gasteiger charge is 2.23. The lowest BCUT2D eigenvalue weighted by Gasteiger charge is -2.12. The van der Waals surface area contributed by atoms with Gasteiger partial charge in [0.2, 0.25) is 5.71 Å². The summed E-state index contributed by atoms with van der Waals surface area (Å²) in [5.74, 6) is 0.348. The summed E-state index contributed by atoms with van der Waals surface area (Å²) in [6, 6.07) is 16.6. The second kappa shape index (κ2) is 8.20. The van der Waals surface area contributed by atoms with Crippen molar-refractivity contribution in [2.75, 3.05) is 18.5 Å². The number of ether oxygens (including phenoxy) is 1. The normalized spacial score (nSPS) is 15.9. The minimum Gasteiger partial charge on any atom is -0.478 e. The standard InChI is InChI=1S/C24H21N3O4/c28-24(29)17-10-8-16(9-11-17)21-19(15-5-2-1-3-6-15)20-22(26-14-27-23(20)31-21)25-13-18-7-4-12-30-18/h1-3,5-6,8-11,14,18H,4,7,12-13H2,(H,28,29)(H,25,26,27)/t18-/m0/s1. The van der Waals surface area contributed by atoms with Gasteiger partial charge in [-0.3, -0.25) is 0 Å². The lowest BCUT2D eigenvalue weighted by atomic mass is 9.98. The average molecular weight is 415 g/mol. The maximum Gasteiger partial charge on any atom is 0.335 e. The van der Waals surface area contributed by atoms with Gasteiger partial charge in [-0.2, -0.15) is 0 Å². The number of fused-ring (bicyclic) bond motifs is 1. The van der Waals surface area contributed by atoms with Crippen LogP contribution in [0, 0.1) is 0 Å². The third kappa shape index (κ3) is 3.75. The Balaban J connectivity index is 1.64. The van der Waals surface area contributed by atoms with Crippen molar-refractivity contribution in [2.24, 2.45) is 0 Å². The Kier molecular flexibility index (Phi) is 5.09. The van der Waals surface area contributed by atoms with Crippen molar-refractivity contribution in [1.29, 1.82) is 0 Å². The molecule has 0 bridgehead atoms. The second-order valence-electron chi connectivity index (χ2n) is 7.47. The van der Waals surface area contributed by atoms with E-state index in [2.05, 4.69) is 15.3 Å². The fraction of sp³-hybridized carbons (Fsp3) is 0.208. The number of benzene rings is 2. The summed E-state index contributed by atoms with van der Waals surface area (Å²) in [5, 5.41) is 13.4. The summed E-state index contributed by atoms with van der Waals surface area (Å²) in [5.41, 5.74) is 3.30. The van der Waals surface area contributed by atoms with Crippen molar-refractivity contribution in [3.63, 3.8) is 0 Å². The van der Waals surface area contributed by atoms with E-state index >= 15 is 0 Å². The van der Waals surface area contributed by atoms with Crippen LogP contribution in [-0.2, 0) is 4.74 Å². The van der Waals surface area contributed by atoms with Crippen LogP contribution in [0.15, 0.2) is 65.3 Å². The Bertz CT molecular complexity index is 1210. The van der Waals surface area contributed by atoms with Crippen molar-refractivity contribution in [3.05, 3.63) is 66.5 Å². The quantitative estimate of drug-likeness (QED) is 0.465. The van der Waals surface area contributed by atoms with Crippen LogP contribution < -0.4 is 5.32 Å². The molecule has 0 aliphatic carbocycles. The molecule has 1 fully saturated rings. The Morgan fingerprint density at radius 3 is 2.58 bits per heavy atom. The van der Waals surface area contributed by atoms with Gasteiger partial charge in [0.1, 0.15) is 17.9 Å². The molecule has 0 saturated carbocycles. The summed E-state index contributed by atoms with van der Waals surface area (Å²) in [4.78, 5) is 20.1. The van der Waals surface area contributed by atoms with Crippen molar-refractivity contribution >= 4 is 22.9 Å². The summed E-state index contributed by atoms with van der Waals surface area (Å²) in [7, 11) is 0. The first-order valence-electron chi connectivity index (χ1n) is 10.2. The molecule has 31 heavy (non-hydrogen) atoms. The summed E-state index contributed by atoms with van der Waals surface area (Å²) < 4.78 is 11.9. The number of anilines is 1. The van der Waals surface area contributed by atoms with E-state index < -0.39 is 5.97 Å². The Morgan fingerprint density at radius 2 is 1.87 bits per heavy atom. The zero-order valence-corrected chi connectivity index (χ0v) is 16.7. The van der Waals surface area contributed by atoms with Crippen molar-refractivity contribution in [1.82, 2.24) is 9.97 Å². The highest BCUT2D eigenvalue weighted by atomic mass is 16.5. The van der Waals surface area contributed by atoms with E-state index in [1.54, 1.807) is 24.3 Å². The minimum atomic E-state index is -0.967. The number of hydrogen-bond donors (Lipinski definition) is 2. The van der Waals surface area contributed by atoms with Gasteiger partial charge in [0.05, 0.1) is 17.1 Å². The van der Waals surface area contributed by atoms with Crippen LogP contribution in [0.4, 0.5) is 5.82 Å². The Labute approximate surface area is 178 Å². The van der Waals surface area contributed by atoms with Gasteiger partial charge < -0.3 is 19.6 Å². The van der Waals surface area contributed by atoms with E-state index in [0.717, 1.165) is 41.5 Å². The Hall–Kier alpha value is -3.71. The van der Waals surface area contributed by atoms with Crippen LogP contribution >= 0.6 is 0 Å². The number of aromatic nitrogens is 2. The molecule has 7 nitrogen and oxygen atoms in total. The molecular weight excluding hydrogens is 394 g/mol. The number of aromatic carboxylic acids is 1. The van der Waals surface area contributed by atoms with E-state index in [9.17, 15) is 9.90 Å². The van der Waals surface area contributed by atoms with Gasteiger partial charge in [0.15, 0.2) is 0 Å². The fourth-order valence-corrected chi connectivity index (χ4v) is 3.93. The molecule has 0 unspecified atom stereocenters. The third-order valence-corrected chi connectivity index (χ3v) is 5.47. The SMILES string of the molecule is O=C(O)c1ccc(-c2oc3ncnc(NC[C@@H]4CCCO4)c3c2-c2ccccc2)cc1. The predicted octanol–water partition coefficient (Wildman–Crippen LogP) is 4.85. The lowest BCUT2D eigenvalue weighted by Crippen LogP contribution is -2.19. The zero-order chi connectivity index (χ0) is 21.2. The number of carbonyl (C=O) groups is 1. The number of nitrogens with zero attached hydrogens (tertiary/aromatic N) is 2. The van der Waals surface area contributed by atoms with Gasteiger partial charge in [-0.15, -0.1) is 0 Å². The molecular formula is C24H21N3O4. The van der Waals surface area contributed by atoms with Gasteiger partial charge in [-0.05, 0) is 30.5 Å². The van der Waals surface area contributed by atoms with E-state index in [4.69, 9.17) is 9.15 Å². The molecule has 2 aromatic carbocycles. The number of furan rings is 1. The van der Waals surface area contributed by atoms with Crippen LogP contribution in [0.25, 0.3) is 33.6 Å². The average Bonchev–Trinajstić information content (AvgIpc) is 3.46. The predicted molar refractivity (Wildman–Crippen MR) is 117 cm³/mol. The topological polar surface area (TPSA) is 97.5 Å². The summed E-state index contributed by atoms with van der Waals surface area (Å²) in [6.45, 7) is 1.46. The first-order valence-corrected chi connectivity index (χ1v) is 10.2. The summed E-state index contributed by atoms with van der Waals surface area (Å²) >= 11 is 0. The molecule has 1 aliphatic heterocycles. The number of hydrogen-bond acceptors (Lipinski definition) is 6. The first-order chi connectivity index (χ1) is 15.2. The smallest absolute Gasteiger partial charge is 0.335 e. The highest BCUT2D eigenvalue weighted by Crippen LogP contribution is 2.42. The van der Waals surface area contributed by atoms with Gasteiger partial charge in [-0.25, -0.2) is 14.8 Å². The maximum absolute atomic E-state index is 11.2. The van der Waals surface area contributed by atoms with Crippen molar-refractivity contribution < 1.29 is 19.1 Å². The van der Waals surface area contributed by atoms with Gasteiger partial charge >= 0.3 is 5.97 Å². The second-order valence-corrected chi connectivity index (χ2v) is 7.47. The van der Waals surface area contributed by atoms with E-state index in [0.29, 0.717) is 23.8 Å². The molecule has 0 radical (unpaired) electrons. The van der Waals surface area contributed by atoms with E-state index in [1.165, 1.54) is 6.33 Å². The Morgan fingerprint density at radius 1 is 1.06 bits per heavy atom. The van der Waals surface area contributed by atoms with Crippen molar-refractivity contribution in [3.8, 4) is 22.5 Å². The number of carboxylic acids is 1. The molecule has 7 heteroatoms. The molecule has 5 rings (SSSR count). The van der Waals surface area contributed by atoms with Crippen LogP contribution in [0.3, 0.4) is 0 Å². The molecule has 1 aliphatic rings. The van der Waals surface area contributed by atoms with Crippen LogP contribution in [0.5, 0.6) is 0 Å². The van der Waals surface area contributed by atoms with Gasteiger partial charge in [0.25, 0.3) is 0 Å². The van der Waals surface area contributed by atoms with Crippen LogP contribution in [0.2, 0.25) is 0 Å². The molecule has 3 heterocycles. The molecule has 0 spiro atoms. The van der Waals surface area contributed by atoms with Crippen LogP contribution in [-0.4, -0.2) is 40.3 Å². The zero-order valence-electron chi connectivity index (χ0n) is 16.7. The number of carboxylic acid groups (broad SMARTS) is 1. The third-order valence-electron chi connectivity index (χ3n) is 5.47. The van der Waals surface area contributed by atoms with E-state index in [-0.39, 0.29) is 11.7 Å². The molecule has 4 aromatic rings. The molecule has 1 atom stereocenters. The minimum absolute atomic E-state index is 0.167. The molecule has 156 valence electrons. The molecule has 1 saturated heterocycles. The fourth-order valence-electron chi connectivity index (χ4n) is 3.93. The van der Waals surface area contributed by atoms with Gasteiger partial charge in [0, 0.05) is 24.3 Å². The van der Waals surface area contributed by atoms with Gasteiger partial charge in [-0.1, -0.05) is 42.5 Å². The largest absolute Gasteiger partial charge is 0.478 e. The molecule has 2 N–H and O–H groups in total. The van der Waals surface area contributed by atoms with Crippen LogP contribution in [0.1, 0.15) is 23.2 Å². The highest BCUT2D eigenvalue weighted by molar-refractivity contribution is 6.06. The number of nitrogens with one attached hydrogen (secondary N) is 1. The lowest BCUT2D eigenvalue weighted by molar-refractivity contribution is 0.0697. The molecule has 0 amide bonds.